The van der Waals surface area contributed by atoms with Gasteiger partial charge in [-0.2, -0.15) is 4.68 Å². The van der Waals surface area contributed by atoms with Crippen molar-refractivity contribution < 1.29 is 0 Å². The van der Waals surface area contributed by atoms with Crippen molar-refractivity contribution in [3.05, 3.63) is 35.7 Å². The fraction of sp³-hybridized carbons (Fsp3) is 0.650. The standard InChI is InChI=1S/C20H31N5/c1-15-9-7-8-10-17(15)25-18(21-22-23-25)20(24(5)6)13-11-16(12-14-20)19(2,3)4/h7-10,16H,11-14H2,1-6H3. The van der Waals surface area contributed by atoms with Crippen LogP contribution in [0, 0.1) is 18.3 Å². The molecule has 1 aromatic heterocycles. The van der Waals surface area contributed by atoms with Gasteiger partial charge in [-0.1, -0.05) is 39.0 Å². The molecule has 0 spiro atoms. The van der Waals surface area contributed by atoms with Gasteiger partial charge in [-0.15, -0.1) is 5.10 Å². The molecule has 3 rings (SSSR count). The molecule has 25 heavy (non-hydrogen) atoms. The van der Waals surface area contributed by atoms with Crippen molar-refractivity contribution in [2.24, 2.45) is 11.3 Å². The van der Waals surface area contributed by atoms with Gasteiger partial charge in [0, 0.05) is 0 Å². The van der Waals surface area contributed by atoms with Crippen LogP contribution in [0.15, 0.2) is 24.3 Å². The van der Waals surface area contributed by atoms with Crippen molar-refractivity contribution in [3.63, 3.8) is 0 Å². The molecule has 1 aromatic carbocycles. The van der Waals surface area contributed by atoms with Crippen LogP contribution in [0.2, 0.25) is 0 Å². The highest BCUT2D eigenvalue weighted by Crippen LogP contribution is 2.47. The molecule has 0 N–H and O–H groups in total. The number of aryl methyl sites for hydroxylation is 1. The zero-order valence-corrected chi connectivity index (χ0v) is 16.5. The minimum Gasteiger partial charge on any atom is -0.297 e. The van der Waals surface area contributed by atoms with Gasteiger partial charge < -0.3 is 0 Å². The van der Waals surface area contributed by atoms with Gasteiger partial charge in [0.05, 0.1) is 11.2 Å². The van der Waals surface area contributed by atoms with Crippen LogP contribution >= 0.6 is 0 Å². The summed E-state index contributed by atoms with van der Waals surface area (Å²) < 4.78 is 1.95. The van der Waals surface area contributed by atoms with E-state index in [9.17, 15) is 0 Å². The van der Waals surface area contributed by atoms with Crippen molar-refractivity contribution >= 4 is 0 Å². The molecule has 136 valence electrons. The summed E-state index contributed by atoms with van der Waals surface area (Å²) in [5.74, 6) is 1.72. The van der Waals surface area contributed by atoms with E-state index in [2.05, 4.69) is 80.4 Å². The number of nitrogens with zero attached hydrogens (tertiary/aromatic N) is 5. The summed E-state index contributed by atoms with van der Waals surface area (Å²) in [4.78, 5) is 2.33. The highest BCUT2D eigenvalue weighted by molar-refractivity contribution is 5.40. The molecule has 5 heteroatoms. The van der Waals surface area contributed by atoms with Crippen molar-refractivity contribution in [3.8, 4) is 5.69 Å². The first kappa shape index (κ1) is 18.1. The van der Waals surface area contributed by atoms with Gasteiger partial charge in [0.25, 0.3) is 0 Å². The predicted molar refractivity (Wildman–Crippen MR) is 101 cm³/mol. The molecule has 0 unspecified atom stereocenters. The topological polar surface area (TPSA) is 46.8 Å². The van der Waals surface area contributed by atoms with Crippen LogP contribution in [0.25, 0.3) is 5.69 Å². The average Bonchev–Trinajstić information content (AvgIpc) is 3.04. The summed E-state index contributed by atoms with van der Waals surface area (Å²) in [5.41, 5.74) is 2.52. The lowest BCUT2D eigenvalue weighted by molar-refractivity contribution is 0.0372. The van der Waals surface area contributed by atoms with E-state index in [1.54, 1.807) is 0 Å². The van der Waals surface area contributed by atoms with Gasteiger partial charge in [0.2, 0.25) is 0 Å². The van der Waals surface area contributed by atoms with Gasteiger partial charge in [0.1, 0.15) is 0 Å². The molecule has 0 saturated heterocycles. The zero-order chi connectivity index (χ0) is 18.2. The van der Waals surface area contributed by atoms with E-state index in [0.717, 1.165) is 30.3 Å². The maximum Gasteiger partial charge on any atom is 0.176 e. The molecule has 0 radical (unpaired) electrons. The van der Waals surface area contributed by atoms with Crippen LogP contribution in [0.3, 0.4) is 0 Å². The Kier molecular flexibility index (Phi) is 4.71. The number of para-hydroxylation sites is 1. The van der Waals surface area contributed by atoms with Gasteiger partial charge in [-0.3, -0.25) is 4.90 Å². The maximum atomic E-state index is 4.50. The molecule has 0 aliphatic heterocycles. The predicted octanol–water partition coefficient (Wildman–Crippen LogP) is 3.96. The maximum absolute atomic E-state index is 4.50. The molecule has 1 fully saturated rings. The third-order valence-corrected chi connectivity index (χ3v) is 6.12. The van der Waals surface area contributed by atoms with Crippen LogP contribution in [0.5, 0.6) is 0 Å². The quantitative estimate of drug-likeness (QED) is 0.848. The van der Waals surface area contributed by atoms with E-state index in [1.165, 1.54) is 18.4 Å². The van der Waals surface area contributed by atoms with Crippen LogP contribution in [-0.4, -0.2) is 39.2 Å². The van der Waals surface area contributed by atoms with E-state index in [4.69, 9.17) is 0 Å². The van der Waals surface area contributed by atoms with Crippen molar-refractivity contribution in [1.82, 2.24) is 25.1 Å². The molecular formula is C20H31N5. The molecule has 1 aliphatic rings. The number of aromatic nitrogens is 4. The lowest BCUT2D eigenvalue weighted by atomic mass is 9.66. The van der Waals surface area contributed by atoms with E-state index in [0.29, 0.717) is 5.41 Å². The molecule has 0 atom stereocenters. The minimum absolute atomic E-state index is 0.104. The summed E-state index contributed by atoms with van der Waals surface area (Å²) in [5, 5.41) is 12.9. The number of tetrazole rings is 1. The fourth-order valence-electron chi connectivity index (χ4n) is 4.27. The van der Waals surface area contributed by atoms with E-state index in [1.807, 2.05) is 10.7 Å². The Labute approximate surface area is 151 Å². The SMILES string of the molecule is Cc1ccccc1-n1nnnc1C1(N(C)C)CCC(C(C)(C)C)CC1. The monoisotopic (exact) mass is 341 g/mol. The Balaban J connectivity index is 2.00. The summed E-state index contributed by atoms with van der Waals surface area (Å²) in [7, 11) is 4.32. The van der Waals surface area contributed by atoms with E-state index >= 15 is 0 Å². The summed E-state index contributed by atoms with van der Waals surface area (Å²) in [6.45, 7) is 9.19. The molecule has 5 nitrogen and oxygen atoms in total. The molecule has 1 heterocycles. The van der Waals surface area contributed by atoms with Gasteiger partial charge in [-0.05, 0) is 80.1 Å². The molecule has 1 saturated carbocycles. The summed E-state index contributed by atoms with van der Waals surface area (Å²) in [6, 6.07) is 8.31. The van der Waals surface area contributed by atoms with Crippen LogP contribution in [0.4, 0.5) is 0 Å². The van der Waals surface area contributed by atoms with Gasteiger partial charge in [-0.25, -0.2) is 0 Å². The fourth-order valence-corrected chi connectivity index (χ4v) is 4.27. The molecule has 1 aliphatic carbocycles. The highest BCUT2D eigenvalue weighted by atomic mass is 15.6. The lowest BCUT2D eigenvalue weighted by Crippen LogP contribution is -2.47. The molecule has 2 aromatic rings. The Morgan fingerprint density at radius 2 is 1.76 bits per heavy atom. The Morgan fingerprint density at radius 3 is 2.32 bits per heavy atom. The second-order valence-corrected chi connectivity index (χ2v) is 8.77. The van der Waals surface area contributed by atoms with Crippen molar-refractivity contribution in [2.75, 3.05) is 14.1 Å². The van der Waals surface area contributed by atoms with E-state index < -0.39 is 0 Å². The number of hydrogen-bond acceptors (Lipinski definition) is 4. The van der Waals surface area contributed by atoms with Gasteiger partial charge >= 0.3 is 0 Å². The van der Waals surface area contributed by atoms with Gasteiger partial charge in [0.15, 0.2) is 5.82 Å². The Morgan fingerprint density at radius 1 is 1.12 bits per heavy atom. The van der Waals surface area contributed by atoms with Crippen molar-refractivity contribution in [2.45, 2.75) is 58.9 Å². The largest absolute Gasteiger partial charge is 0.297 e. The molecule has 0 amide bonds. The molecular weight excluding hydrogens is 310 g/mol. The smallest absolute Gasteiger partial charge is 0.176 e. The average molecular weight is 342 g/mol. The third kappa shape index (κ3) is 3.22. The van der Waals surface area contributed by atoms with Crippen LogP contribution in [0.1, 0.15) is 57.8 Å². The third-order valence-electron chi connectivity index (χ3n) is 6.12. The second kappa shape index (κ2) is 6.52. The first-order valence-corrected chi connectivity index (χ1v) is 9.28. The Hall–Kier alpha value is -1.75. The molecule has 0 bridgehead atoms. The van der Waals surface area contributed by atoms with Crippen LogP contribution < -0.4 is 0 Å². The van der Waals surface area contributed by atoms with Crippen LogP contribution in [-0.2, 0) is 5.54 Å². The normalized spacial score (nSPS) is 24.7. The number of benzene rings is 1. The Bertz CT molecular complexity index is 718. The summed E-state index contributed by atoms with van der Waals surface area (Å²) >= 11 is 0. The lowest BCUT2D eigenvalue weighted by Gasteiger charge is -2.46. The summed E-state index contributed by atoms with van der Waals surface area (Å²) in [6.07, 6.45) is 4.60. The highest BCUT2D eigenvalue weighted by Gasteiger charge is 2.45. The second-order valence-electron chi connectivity index (χ2n) is 8.77. The van der Waals surface area contributed by atoms with E-state index in [-0.39, 0.29) is 5.54 Å². The first-order valence-electron chi connectivity index (χ1n) is 9.28. The zero-order valence-electron chi connectivity index (χ0n) is 16.5. The number of rotatable bonds is 3. The van der Waals surface area contributed by atoms with Crippen molar-refractivity contribution in [1.29, 1.82) is 0 Å². The minimum atomic E-state index is -0.104. The first-order chi connectivity index (χ1) is 11.8. The number of hydrogen-bond donors (Lipinski definition) is 0.